The van der Waals surface area contributed by atoms with Gasteiger partial charge < -0.3 is 0 Å². The van der Waals surface area contributed by atoms with Gasteiger partial charge in [-0.2, -0.15) is 0 Å². The molecule has 0 radical (unpaired) electrons. The topological polar surface area (TPSA) is 91.3 Å². The smallest absolute Gasteiger partial charge is 0.292 e. The number of oxime groups is 1. The van der Waals surface area contributed by atoms with Crippen molar-refractivity contribution in [3.8, 4) is 0 Å². The Hall–Kier alpha value is -0.920. The first-order valence-corrected chi connectivity index (χ1v) is 10.8. The first-order chi connectivity index (χ1) is 11.2. The van der Waals surface area contributed by atoms with E-state index >= 15 is 0 Å². The molecule has 1 atom stereocenters. The third-order valence-electron chi connectivity index (χ3n) is 3.40. The van der Waals surface area contributed by atoms with E-state index in [2.05, 4.69) is 5.16 Å². The van der Waals surface area contributed by atoms with E-state index in [0.717, 1.165) is 0 Å². The van der Waals surface area contributed by atoms with Crippen LogP contribution in [0.3, 0.4) is 0 Å². The summed E-state index contributed by atoms with van der Waals surface area (Å²) in [6.07, 6.45) is 0.105. The molecule has 24 heavy (non-hydrogen) atoms. The highest BCUT2D eigenvalue weighted by molar-refractivity contribution is 7.92. The van der Waals surface area contributed by atoms with Crippen molar-refractivity contribution in [3.05, 3.63) is 28.8 Å². The van der Waals surface area contributed by atoms with Crippen molar-refractivity contribution in [3.63, 3.8) is 0 Å². The zero-order valence-corrected chi connectivity index (χ0v) is 16.0. The number of phosphoric ester groups is 1. The average Bonchev–Trinajstić information content (AvgIpc) is 2.50. The monoisotopic (exact) mass is 395 g/mol. The van der Waals surface area contributed by atoms with Crippen LogP contribution in [-0.4, -0.2) is 32.6 Å². The molecule has 10 heteroatoms. The second kappa shape index (κ2) is 7.54. The first-order valence-electron chi connectivity index (χ1n) is 7.42. The van der Waals surface area contributed by atoms with Crippen LogP contribution in [0.25, 0.3) is 0 Å². The van der Waals surface area contributed by atoms with E-state index in [0.29, 0.717) is 16.3 Å². The Bertz CT molecular complexity index is 784. The van der Waals surface area contributed by atoms with Gasteiger partial charge in [0.25, 0.3) is 0 Å². The summed E-state index contributed by atoms with van der Waals surface area (Å²) in [6, 6.07) is 4.43. The lowest BCUT2D eigenvalue weighted by molar-refractivity contribution is 0.124. The fraction of sp³-hybridized carbons (Fsp3) is 0.500. The van der Waals surface area contributed by atoms with Gasteiger partial charge in [0.15, 0.2) is 9.84 Å². The number of rotatable bonds is 6. The zero-order valence-electron chi connectivity index (χ0n) is 13.6. The second-order valence-corrected chi connectivity index (χ2v) is 9.45. The van der Waals surface area contributed by atoms with Gasteiger partial charge in [-0.25, -0.2) is 13.0 Å². The van der Waals surface area contributed by atoms with Crippen molar-refractivity contribution in [2.24, 2.45) is 5.16 Å². The molecule has 0 unspecified atom stereocenters. The van der Waals surface area contributed by atoms with E-state index in [1.165, 1.54) is 18.2 Å². The van der Waals surface area contributed by atoms with E-state index in [1.807, 2.05) is 0 Å². The summed E-state index contributed by atoms with van der Waals surface area (Å²) in [5.74, 6) is 0. The molecule has 0 saturated carbocycles. The number of hydrogen-bond donors (Lipinski definition) is 0. The number of fused-ring (bicyclic) bond motifs is 1. The van der Waals surface area contributed by atoms with Crippen LogP contribution in [0, 0.1) is 0 Å². The summed E-state index contributed by atoms with van der Waals surface area (Å²) < 4.78 is 52.2. The summed E-state index contributed by atoms with van der Waals surface area (Å²) in [5.41, 5.74) is 0.662. The molecule has 134 valence electrons. The summed E-state index contributed by atoms with van der Waals surface area (Å²) in [5, 5.41) is 3.55. The van der Waals surface area contributed by atoms with E-state index in [-0.39, 0.29) is 24.5 Å². The minimum absolute atomic E-state index is 0.105. The van der Waals surface area contributed by atoms with Crippen molar-refractivity contribution >= 4 is 35.0 Å². The summed E-state index contributed by atoms with van der Waals surface area (Å²) in [4.78, 5) is 0.121. The van der Waals surface area contributed by atoms with Crippen molar-refractivity contribution in [1.29, 1.82) is 0 Å². The highest BCUT2D eigenvalue weighted by Gasteiger charge is 2.36. The Morgan fingerprint density at radius 3 is 2.50 bits per heavy atom. The number of halogens is 1. The summed E-state index contributed by atoms with van der Waals surface area (Å²) in [6.45, 7) is 5.11. The lowest BCUT2D eigenvalue weighted by Gasteiger charge is -2.23. The lowest BCUT2D eigenvalue weighted by Crippen LogP contribution is -2.29. The first kappa shape index (κ1) is 19.4. The Morgan fingerprint density at radius 2 is 1.92 bits per heavy atom. The predicted molar refractivity (Wildman–Crippen MR) is 91.2 cm³/mol. The highest BCUT2D eigenvalue weighted by atomic mass is 35.5. The van der Waals surface area contributed by atoms with Gasteiger partial charge >= 0.3 is 7.82 Å². The number of benzene rings is 1. The third-order valence-corrected chi connectivity index (χ3v) is 7.26. The Kier molecular flexibility index (Phi) is 6.09. The molecule has 0 aromatic heterocycles. The fourth-order valence-electron chi connectivity index (χ4n) is 2.27. The highest BCUT2D eigenvalue weighted by Crippen LogP contribution is 2.49. The van der Waals surface area contributed by atoms with Gasteiger partial charge in [0.05, 0.1) is 29.1 Å². The number of nitrogens with zero attached hydrogens (tertiary/aromatic N) is 1. The maximum atomic E-state index is 12.4. The molecule has 1 aliphatic heterocycles. The van der Waals surface area contributed by atoms with Crippen LogP contribution < -0.4 is 0 Å². The van der Waals surface area contributed by atoms with Crippen LogP contribution in [0.2, 0.25) is 5.02 Å². The third kappa shape index (κ3) is 4.00. The number of hydrogen-bond acceptors (Lipinski definition) is 7. The van der Waals surface area contributed by atoms with Crippen LogP contribution in [0.4, 0.5) is 0 Å². The largest absolute Gasteiger partial charge is 0.550 e. The van der Waals surface area contributed by atoms with Crippen molar-refractivity contribution in [2.45, 2.75) is 37.3 Å². The molecule has 7 nitrogen and oxygen atoms in total. The molecule has 1 heterocycles. The van der Waals surface area contributed by atoms with Crippen molar-refractivity contribution in [2.75, 3.05) is 13.2 Å². The van der Waals surface area contributed by atoms with Gasteiger partial charge in [-0.1, -0.05) is 16.8 Å². The predicted octanol–water partition coefficient (Wildman–Crippen LogP) is 3.81. The van der Waals surface area contributed by atoms with E-state index < -0.39 is 22.9 Å². The molecule has 1 aliphatic rings. The van der Waals surface area contributed by atoms with Crippen molar-refractivity contribution < 1.29 is 26.7 Å². The molecule has 0 saturated heterocycles. The van der Waals surface area contributed by atoms with Crippen LogP contribution in [0.1, 0.15) is 32.8 Å². The van der Waals surface area contributed by atoms with Crippen LogP contribution >= 0.6 is 19.4 Å². The molecule has 1 aromatic carbocycles. The van der Waals surface area contributed by atoms with Gasteiger partial charge in [0, 0.05) is 17.0 Å². The summed E-state index contributed by atoms with van der Waals surface area (Å²) >= 11 is 5.97. The SMILES string of the molecule is CCOP(=O)(OCC)O/N=C1\C[C@H](C)S(=O)(=O)c2ccc(Cl)cc21. The standard InChI is InChI=1S/C14H19ClNO6PS/c1-4-20-23(17,21-5-2)22-16-13-8-10(3)24(18,19)14-7-6-11(15)9-12(13)14/h6-7,9-10H,4-5,8H2,1-3H3/b16-13+/t10-/m0/s1. The Labute approximate surface area is 146 Å². The van der Waals surface area contributed by atoms with E-state index in [9.17, 15) is 13.0 Å². The second-order valence-electron chi connectivity index (χ2n) is 5.10. The molecular formula is C14H19ClNO6PS. The van der Waals surface area contributed by atoms with Crippen LogP contribution in [0.5, 0.6) is 0 Å². The molecule has 0 fully saturated rings. The van der Waals surface area contributed by atoms with Gasteiger partial charge in [0.1, 0.15) is 0 Å². The van der Waals surface area contributed by atoms with Crippen LogP contribution in [0.15, 0.2) is 28.3 Å². The molecule has 0 spiro atoms. The van der Waals surface area contributed by atoms with Gasteiger partial charge in [-0.3, -0.25) is 13.7 Å². The Morgan fingerprint density at radius 1 is 1.29 bits per heavy atom. The quantitative estimate of drug-likeness (QED) is 0.537. The van der Waals surface area contributed by atoms with Crippen LogP contribution in [-0.2, 0) is 28.1 Å². The molecule has 0 bridgehead atoms. The molecule has 0 aliphatic carbocycles. The molecular weight excluding hydrogens is 377 g/mol. The molecule has 1 aromatic rings. The fourth-order valence-corrected chi connectivity index (χ4v) is 4.99. The Balaban J connectivity index is 2.44. The van der Waals surface area contributed by atoms with Gasteiger partial charge in [-0.15, -0.1) is 0 Å². The van der Waals surface area contributed by atoms with E-state index in [1.54, 1.807) is 20.8 Å². The van der Waals surface area contributed by atoms with Gasteiger partial charge in [0.2, 0.25) is 0 Å². The minimum atomic E-state index is -3.83. The number of sulfone groups is 1. The molecule has 2 rings (SSSR count). The molecule has 0 N–H and O–H groups in total. The van der Waals surface area contributed by atoms with Crippen molar-refractivity contribution in [1.82, 2.24) is 0 Å². The lowest BCUT2D eigenvalue weighted by atomic mass is 10.1. The van der Waals surface area contributed by atoms with E-state index in [4.69, 9.17) is 25.3 Å². The minimum Gasteiger partial charge on any atom is -0.292 e. The normalized spacial score (nSPS) is 21.5. The molecule has 0 amide bonds. The maximum absolute atomic E-state index is 12.4. The van der Waals surface area contributed by atoms with Gasteiger partial charge in [-0.05, 0) is 39.0 Å². The zero-order chi connectivity index (χ0) is 18.0. The number of phosphoric acid groups is 1. The summed E-state index contributed by atoms with van der Waals surface area (Å²) in [7, 11) is -7.30. The average molecular weight is 396 g/mol. The maximum Gasteiger partial charge on any atom is 0.550 e.